The Labute approximate surface area is 143 Å². The molecule has 2 saturated heterocycles. The Bertz CT molecular complexity index is 776. The van der Waals surface area contributed by atoms with Gasteiger partial charge in [-0.1, -0.05) is 18.2 Å². The molecule has 1 aromatic carbocycles. The van der Waals surface area contributed by atoms with Gasteiger partial charge in [-0.3, -0.25) is 0 Å². The van der Waals surface area contributed by atoms with E-state index in [1.165, 1.54) is 4.31 Å². The maximum Gasteiger partial charge on any atom is 0.243 e. The fraction of sp³-hybridized carbons (Fsp3) is 0.600. The second-order valence-corrected chi connectivity index (χ2v) is 10.4. The van der Waals surface area contributed by atoms with E-state index in [0.717, 1.165) is 19.1 Å². The van der Waals surface area contributed by atoms with E-state index in [0.29, 0.717) is 31.1 Å². The normalized spacial score (nSPS) is 24.6. The molecular formula is C15H22N2O5S2. The van der Waals surface area contributed by atoms with Crippen molar-refractivity contribution in [2.45, 2.75) is 23.3 Å². The van der Waals surface area contributed by atoms with Gasteiger partial charge < -0.3 is 4.74 Å². The van der Waals surface area contributed by atoms with Crippen LogP contribution in [0.25, 0.3) is 0 Å². The summed E-state index contributed by atoms with van der Waals surface area (Å²) in [5, 5.41) is 0. The number of ether oxygens (including phenoxy) is 1. The summed E-state index contributed by atoms with van der Waals surface area (Å²) in [6, 6.07) is 8.38. The highest BCUT2D eigenvalue weighted by atomic mass is 32.2. The van der Waals surface area contributed by atoms with Crippen molar-refractivity contribution >= 4 is 20.0 Å². The molecule has 2 heterocycles. The summed E-state index contributed by atoms with van der Waals surface area (Å²) in [4.78, 5) is 0.297. The van der Waals surface area contributed by atoms with Crippen molar-refractivity contribution in [2.75, 3.05) is 32.5 Å². The van der Waals surface area contributed by atoms with E-state index in [1.54, 1.807) is 30.3 Å². The molecule has 9 heteroatoms. The number of sulfonamides is 2. The summed E-state index contributed by atoms with van der Waals surface area (Å²) < 4.78 is 57.1. The third kappa shape index (κ3) is 3.80. The van der Waals surface area contributed by atoms with Gasteiger partial charge in [-0.05, 0) is 30.9 Å². The van der Waals surface area contributed by atoms with Gasteiger partial charge >= 0.3 is 0 Å². The molecule has 0 aromatic heterocycles. The van der Waals surface area contributed by atoms with Crippen molar-refractivity contribution in [3.8, 4) is 0 Å². The molecular weight excluding hydrogens is 352 g/mol. The van der Waals surface area contributed by atoms with Crippen LogP contribution in [0.3, 0.4) is 0 Å². The highest BCUT2D eigenvalue weighted by molar-refractivity contribution is 7.89. The monoisotopic (exact) mass is 374 g/mol. The molecule has 1 unspecified atom stereocenters. The Morgan fingerprint density at radius 2 is 1.88 bits per heavy atom. The van der Waals surface area contributed by atoms with E-state index < -0.39 is 25.6 Å². The highest BCUT2D eigenvalue weighted by Crippen LogP contribution is 2.38. The van der Waals surface area contributed by atoms with Crippen LogP contribution in [0.1, 0.15) is 12.8 Å². The molecule has 134 valence electrons. The van der Waals surface area contributed by atoms with Gasteiger partial charge in [-0.2, -0.15) is 4.31 Å². The van der Waals surface area contributed by atoms with E-state index in [9.17, 15) is 16.8 Å². The number of nitrogens with one attached hydrogen (secondary N) is 1. The first-order valence-corrected chi connectivity index (χ1v) is 11.2. The van der Waals surface area contributed by atoms with Gasteiger partial charge in [-0.15, -0.1) is 0 Å². The van der Waals surface area contributed by atoms with Crippen molar-refractivity contribution in [1.82, 2.24) is 9.03 Å². The number of hydrogen-bond acceptors (Lipinski definition) is 5. The Kier molecular flexibility index (Phi) is 4.73. The van der Waals surface area contributed by atoms with Crippen LogP contribution in [0, 0.1) is 5.92 Å². The van der Waals surface area contributed by atoms with Crippen molar-refractivity contribution in [3.63, 3.8) is 0 Å². The van der Waals surface area contributed by atoms with Crippen molar-refractivity contribution in [2.24, 2.45) is 5.92 Å². The number of nitrogens with zero attached hydrogens (tertiary/aromatic N) is 1. The number of rotatable bonds is 5. The van der Waals surface area contributed by atoms with Crippen LogP contribution in [0.15, 0.2) is 35.2 Å². The zero-order valence-corrected chi connectivity index (χ0v) is 15.1. The van der Waals surface area contributed by atoms with Crippen molar-refractivity contribution in [1.29, 1.82) is 0 Å². The Hall–Kier alpha value is -1.00. The lowest BCUT2D eigenvalue weighted by atomic mass is 9.84. The first-order valence-electron chi connectivity index (χ1n) is 7.84. The molecule has 1 atom stereocenters. The molecule has 0 saturated carbocycles. The fourth-order valence-corrected chi connectivity index (χ4v) is 5.25. The fourth-order valence-electron chi connectivity index (χ4n) is 3.10. The van der Waals surface area contributed by atoms with Crippen molar-refractivity contribution < 1.29 is 21.6 Å². The van der Waals surface area contributed by atoms with Gasteiger partial charge in [0.2, 0.25) is 20.0 Å². The number of hydrogen-bond donors (Lipinski definition) is 1. The predicted molar refractivity (Wildman–Crippen MR) is 89.5 cm³/mol. The smallest absolute Gasteiger partial charge is 0.243 e. The molecule has 1 spiro atoms. The molecule has 7 nitrogen and oxygen atoms in total. The molecule has 0 amide bonds. The lowest BCUT2D eigenvalue weighted by molar-refractivity contribution is -0.156. The van der Waals surface area contributed by atoms with Gasteiger partial charge in [-0.25, -0.2) is 21.6 Å². The SMILES string of the molecule is CS(=O)(=O)NCC1CCC2(CN(S(=O)(=O)c3ccccc3)C2)OC1. The predicted octanol–water partition coefficient (Wildman–Crippen LogP) is 0.406. The van der Waals surface area contributed by atoms with Crippen LogP contribution >= 0.6 is 0 Å². The van der Waals surface area contributed by atoms with Crippen LogP contribution < -0.4 is 4.72 Å². The van der Waals surface area contributed by atoms with Crippen LogP contribution in [0.4, 0.5) is 0 Å². The van der Waals surface area contributed by atoms with E-state index in [-0.39, 0.29) is 5.92 Å². The third-order valence-electron chi connectivity index (χ3n) is 4.58. The van der Waals surface area contributed by atoms with Gasteiger partial charge in [0.15, 0.2) is 0 Å². The topological polar surface area (TPSA) is 92.8 Å². The van der Waals surface area contributed by atoms with E-state index in [1.807, 2.05) is 0 Å². The summed E-state index contributed by atoms with van der Waals surface area (Å²) in [6.45, 7) is 1.52. The quantitative estimate of drug-likeness (QED) is 0.806. The molecule has 2 aliphatic heterocycles. The average Bonchev–Trinajstić information content (AvgIpc) is 2.51. The highest BCUT2D eigenvalue weighted by Gasteiger charge is 2.51. The second kappa shape index (κ2) is 6.38. The maximum atomic E-state index is 12.5. The molecule has 2 aliphatic rings. The third-order valence-corrected chi connectivity index (χ3v) is 7.07. The summed E-state index contributed by atoms with van der Waals surface area (Å²) in [5.74, 6) is 0.130. The maximum absolute atomic E-state index is 12.5. The molecule has 3 rings (SSSR count). The summed E-state index contributed by atoms with van der Waals surface area (Å²) in [6.07, 6.45) is 2.70. The molecule has 0 aliphatic carbocycles. The minimum atomic E-state index is -3.46. The largest absolute Gasteiger partial charge is 0.372 e. The Morgan fingerprint density at radius 1 is 1.21 bits per heavy atom. The zero-order valence-electron chi connectivity index (χ0n) is 13.5. The van der Waals surface area contributed by atoms with Gasteiger partial charge in [0, 0.05) is 19.6 Å². The second-order valence-electron chi connectivity index (χ2n) is 6.61. The first-order chi connectivity index (χ1) is 11.2. The average molecular weight is 374 g/mol. The molecule has 0 radical (unpaired) electrons. The van der Waals surface area contributed by atoms with Crippen LogP contribution in [0.2, 0.25) is 0 Å². The standard InChI is InChI=1S/C15H22N2O5S2/c1-23(18,19)16-9-13-7-8-15(22-10-13)11-17(12-15)24(20,21)14-5-3-2-4-6-14/h2-6,13,16H,7-12H2,1H3. The lowest BCUT2D eigenvalue weighted by Crippen LogP contribution is -2.66. The minimum Gasteiger partial charge on any atom is -0.372 e. The van der Waals surface area contributed by atoms with Crippen molar-refractivity contribution in [3.05, 3.63) is 30.3 Å². The van der Waals surface area contributed by atoms with E-state index in [2.05, 4.69) is 4.72 Å². The molecule has 1 aromatic rings. The Balaban J connectivity index is 1.54. The van der Waals surface area contributed by atoms with Crippen LogP contribution in [-0.4, -0.2) is 59.2 Å². The van der Waals surface area contributed by atoms with Gasteiger partial charge in [0.25, 0.3) is 0 Å². The van der Waals surface area contributed by atoms with E-state index >= 15 is 0 Å². The van der Waals surface area contributed by atoms with Crippen LogP contribution in [-0.2, 0) is 24.8 Å². The summed E-state index contributed by atoms with van der Waals surface area (Å²) in [5.41, 5.74) is -0.413. The molecule has 0 bridgehead atoms. The Morgan fingerprint density at radius 3 is 2.42 bits per heavy atom. The van der Waals surface area contributed by atoms with Crippen LogP contribution in [0.5, 0.6) is 0 Å². The summed E-state index contributed by atoms with van der Waals surface area (Å²) >= 11 is 0. The molecule has 24 heavy (non-hydrogen) atoms. The molecule has 2 fully saturated rings. The zero-order chi connectivity index (χ0) is 17.4. The summed E-state index contributed by atoms with van der Waals surface area (Å²) in [7, 11) is -6.65. The minimum absolute atomic E-state index is 0.130. The first kappa shape index (κ1) is 17.8. The van der Waals surface area contributed by atoms with Gasteiger partial charge in [0.05, 0.1) is 23.4 Å². The van der Waals surface area contributed by atoms with Gasteiger partial charge in [0.1, 0.15) is 0 Å². The van der Waals surface area contributed by atoms with E-state index in [4.69, 9.17) is 4.74 Å². The number of benzene rings is 1. The molecule has 1 N–H and O–H groups in total. The lowest BCUT2D eigenvalue weighted by Gasteiger charge is -2.51.